The quantitative estimate of drug-likeness (QED) is 0.676. The van der Waals surface area contributed by atoms with Gasteiger partial charge in [-0.15, -0.1) is 0 Å². The third-order valence-electron chi connectivity index (χ3n) is 2.22. The summed E-state index contributed by atoms with van der Waals surface area (Å²) >= 11 is 9.01. The molecule has 0 aliphatic carbocycles. The van der Waals surface area contributed by atoms with Crippen LogP contribution in [0.15, 0.2) is 52.3 Å². The van der Waals surface area contributed by atoms with E-state index in [4.69, 9.17) is 11.6 Å². The molecule has 0 saturated heterocycles. The molecule has 2 rings (SSSR count). The number of halogens is 2. The molecular formula is C13H11BrClN3O2. The Balaban J connectivity index is 0.00000200. The maximum atomic E-state index is 11.7. The van der Waals surface area contributed by atoms with E-state index in [-0.39, 0.29) is 11.4 Å². The first-order valence-electron chi connectivity index (χ1n) is 5.35. The molecule has 7 heteroatoms. The van der Waals surface area contributed by atoms with Crippen LogP contribution >= 0.6 is 27.5 Å². The Labute approximate surface area is 129 Å². The van der Waals surface area contributed by atoms with Crippen LogP contribution in [0, 0.1) is 0 Å². The van der Waals surface area contributed by atoms with Gasteiger partial charge in [0.2, 0.25) is 0 Å². The Morgan fingerprint density at radius 3 is 2.65 bits per heavy atom. The van der Waals surface area contributed by atoms with E-state index < -0.39 is 0 Å². The molecule has 1 aromatic heterocycles. The predicted octanol–water partition coefficient (Wildman–Crippen LogP) is 2.44. The lowest BCUT2D eigenvalue weighted by molar-refractivity contribution is 0.0954. The highest BCUT2D eigenvalue weighted by molar-refractivity contribution is 9.10. The minimum atomic E-state index is -0.320. The zero-order chi connectivity index (χ0) is 13.7. The number of benzene rings is 1. The number of nitrogens with zero attached hydrogens (tertiary/aromatic N) is 2. The number of nitrogens with one attached hydrogen (secondary N) is 1. The van der Waals surface area contributed by atoms with Gasteiger partial charge >= 0.3 is 0 Å². The van der Waals surface area contributed by atoms with Crippen molar-refractivity contribution < 1.29 is 10.3 Å². The lowest BCUT2D eigenvalue weighted by Gasteiger charge is -1.99. The summed E-state index contributed by atoms with van der Waals surface area (Å²) in [6, 6.07) is 8.78. The van der Waals surface area contributed by atoms with Crippen LogP contribution in [0.1, 0.15) is 15.9 Å². The molecule has 1 amide bonds. The number of carbonyl (C=O) groups excluding carboxylic acids is 1. The third kappa shape index (κ3) is 4.73. The van der Waals surface area contributed by atoms with Gasteiger partial charge in [0.1, 0.15) is 0 Å². The van der Waals surface area contributed by atoms with E-state index in [1.807, 2.05) is 0 Å². The van der Waals surface area contributed by atoms with Crippen molar-refractivity contribution in [2.45, 2.75) is 0 Å². The maximum Gasteiger partial charge on any atom is 0.272 e. The van der Waals surface area contributed by atoms with Gasteiger partial charge in [-0.05, 0) is 39.7 Å². The van der Waals surface area contributed by atoms with E-state index in [1.54, 1.807) is 42.7 Å². The lowest BCUT2D eigenvalue weighted by atomic mass is 10.2. The average molecular weight is 357 g/mol. The summed E-state index contributed by atoms with van der Waals surface area (Å²) in [4.78, 5) is 15.6. The summed E-state index contributed by atoms with van der Waals surface area (Å²) < 4.78 is 0.738. The minimum absolute atomic E-state index is 0. The van der Waals surface area contributed by atoms with Crippen LogP contribution in [0.4, 0.5) is 0 Å². The molecule has 3 N–H and O–H groups in total. The normalized spacial score (nSPS) is 10.1. The van der Waals surface area contributed by atoms with Crippen molar-refractivity contribution in [1.29, 1.82) is 0 Å². The fraction of sp³-hybridized carbons (Fsp3) is 0. The molecule has 0 unspecified atom stereocenters. The molecule has 1 heterocycles. The molecule has 20 heavy (non-hydrogen) atoms. The zero-order valence-electron chi connectivity index (χ0n) is 10.2. The Hall–Kier alpha value is -1.76. The smallest absolute Gasteiger partial charge is 0.272 e. The summed E-state index contributed by atoms with van der Waals surface area (Å²) in [5, 5.41) is 4.52. The van der Waals surface area contributed by atoms with Gasteiger partial charge in [-0.3, -0.25) is 9.78 Å². The van der Waals surface area contributed by atoms with Gasteiger partial charge < -0.3 is 5.48 Å². The third-order valence-corrected chi connectivity index (χ3v) is 2.90. The van der Waals surface area contributed by atoms with Crippen LogP contribution in [0.3, 0.4) is 0 Å². The summed E-state index contributed by atoms with van der Waals surface area (Å²) in [7, 11) is 0. The van der Waals surface area contributed by atoms with E-state index >= 15 is 0 Å². The monoisotopic (exact) mass is 355 g/mol. The van der Waals surface area contributed by atoms with Crippen molar-refractivity contribution in [3.05, 3.63) is 63.3 Å². The second kappa shape index (κ2) is 7.74. The van der Waals surface area contributed by atoms with Crippen LogP contribution in [0.25, 0.3) is 0 Å². The first-order chi connectivity index (χ1) is 9.15. The van der Waals surface area contributed by atoms with Crippen molar-refractivity contribution in [1.82, 2.24) is 10.4 Å². The molecule has 0 radical (unpaired) electrons. The molecule has 0 fully saturated rings. The van der Waals surface area contributed by atoms with Crippen molar-refractivity contribution in [2.24, 2.45) is 5.10 Å². The Kier molecular flexibility index (Phi) is 6.30. The Morgan fingerprint density at radius 1 is 1.30 bits per heavy atom. The number of amides is 1. The van der Waals surface area contributed by atoms with Crippen LogP contribution < -0.4 is 5.43 Å². The number of aromatic nitrogens is 1. The zero-order valence-corrected chi connectivity index (χ0v) is 12.5. The van der Waals surface area contributed by atoms with E-state index in [2.05, 4.69) is 31.4 Å². The topological polar surface area (TPSA) is 85.9 Å². The fourth-order valence-electron chi connectivity index (χ4n) is 1.31. The molecule has 1 aromatic carbocycles. The van der Waals surface area contributed by atoms with Crippen molar-refractivity contribution >= 4 is 39.7 Å². The van der Waals surface area contributed by atoms with Crippen LogP contribution in [0.5, 0.6) is 0 Å². The number of hydrogen-bond acceptors (Lipinski definition) is 3. The van der Waals surface area contributed by atoms with E-state index in [1.165, 1.54) is 6.20 Å². The van der Waals surface area contributed by atoms with Gasteiger partial charge in [0.05, 0.1) is 11.8 Å². The Bertz CT molecular complexity index is 617. The first kappa shape index (κ1) is 16.3. The maximum absolute atomic E-state index is 11.7. The SMILES string of the molecule is O.O=C(NN=Cc1ccc(Cl)cc1)c1cncc(Br)c1. The minimum Gasteiger partial charge on any atom is -0.412 e. The van der Waals surface area contributed by atoms with Crippen molar-refractivity contribution in [3.63, 3.8) is 0 Å². The number of hydrogen-bond donors (Lipinski definition) is 1. The second-order valence-electron chi connectivity index (χ2n) is 3.64. The molecule has 0 atom stereocenters. The van der Waals surface area contributed by atoms with Gasteiger partial charge in [0.15, 0.2) is 0 Å². The highest BCUT2D eigenvalue weighted by Crippen LogP contribution is 2.09. The van der Waals surface area contributed by atoms with Gasteiger partial charge in [0.25, 0.3) is 5.91 Å². The molecule has 0 aliphatic rings. The number of pyridine rings is 1. The molecule has 5 nitrogen and oxygen atoms in total. The molecule has 0 bridgehead atoms. The average Bonchev–Trinajstić information content (AvgIpc) is 2.41. The van der Waals surface area contributed by atoms with E-state index in [9.17, 15) is 4.79 Å². The number of hydrazone groups is 1. The molecule has 0 saturated carbocycles. The molecule has 0 spiro atoms. The van der Waals surface area contributed by atoms with Crippen LogP contribution in [-0.2, 0) is 0 Å². The summed E-state index contributed by atoms with van der Waals surface area (Å²) in [5.74, 6) is -0.320. The largest absolute Gasteiger partial charge is 0.412 e. The van der Waals surface area contributed by atoms with Gasteiger partial charge in [-0.2, -0.15) is 5.10 Å². The standard InChI is InChI=1S/C13H9BrClN3O.H2O/c14-11-5-10(7-16-8-11)13(19)18-17-6-9-1-3-12(15)4-2-9;/h1-8H,(H,18,19);1H2. The van der Waals surface area contributed by atoms with Gasteiger partial charge in [-0.1, -0.05) is 23.7 Å². The summed E-state index contributed by atoms with van der Waals surface area (Å²) in [5.41, 5.74) is 3.70. The summed E-state index contributed by atoms with van der Waals surface area (Å²) in [6.45, 7) is 0. The van der Waals surface area contributed by atoms with E-state index in [0.29, 0.717) is 10.6 Å². The number of carbonyl (C=O) groups is 1. The fourth-order valence-corrected chi connectivity index (χ4v) is 1.81. The molecule has 0 aliphatic heterocycles. The highest BCUT2D eigenvalue weighted by atomic mass is 79.9. The first-order valence-corrected chi connectivity index (χ1v) is 6.52. The second-order valence-corrected chi connectivity index (χ2v) is 4.99. The van der Waals surface area contributed by atoms with Crippen LogP contribution in [-0.4, -0.2) is 22.6 Å². The summed E-state index contributed by atoms with van der Waals surface area (Å²) in [6.07, 6.45) is 4.62. The molecule has 104 valence electrons. The van der Waals surface area contributed by atoms with Gasteiger partial charge in [0, 0.05) is 21.9 Å². The molecule has 2 aromatic rings. The van der Waals surface area contributed by atoms with Crippen molar-refractivity contribution in [2.75, 3.05) is 0 Å². The van der Waals surface area contributed by atoms with Crippen molar-refractivity contribution in [3.8, 4) is 0 Å². The molecular weight excluding hydrogens is 346 g/mol. The van der Waals surface area contributed by atoms with Crippen LogP contribution in [0.2, 0.25) is 5.02 Å². The van der Waals surface area contributed by atoms with Gasteiger partial charge in [-0.25, -0.2) is 5.43 Å². The predicted molar refractivity (Wildman–Crippen MR) is 82.1 cm³/mol. The number of rotatable bonds is 3. The highest BCUT2D eigenvalue weighted by Gasteiger charge is 2.04. The van der Waals surface area contributed by atoms with E-state index in [0.717, 1.165) is 10.0 Å². The Morgan fingerprint density at radius 2 is 2.00 bits per heavy atom. The lowest BCUT2D eigenvalue weighted by Crippen LogP contribution is -2.17.